The third-order valence-electron chi connectivity index (χ3n) is 5.18. The Labute approximate surface area is 183 Å². The minimum Gasteiger partial charge on any atom is -0.444 e. The molecule has 30 heavy (non-hydrogen) atoms. The van der Waals surface area contributed by atoms with Crippen LogP contribution in [-0.2, 0) is 9.53 Å². The maximum absolute atomic E-state index is 13.6. The molecule has 6 heteroatoms. The third-order valence-corrected chi connectivity index (χ3v) is 5.92. The number of benzene rings is 2. The SMILES string of the molecule is CSN(C(=O)C1(NC(=O)OC(C)(C)C)CCCC1)c1ccc(-c2ccccc2)cc1. The van der Waals surface area contributed by atoms with E-state index in [0.717, 1.165) is 29.7 Å². The summed E-state index contributed by atoms with van der Waals surface area (Å²) in [6.45, 7) is 5.45. The Bertz CT molecular complexity index is 870. The smallest absolute Gasteiger partial charge is 0.408 e. The van der Waals surface area contributed by atoms with Crippen LogP contribution in [0.15, 0.2) is 54.6 Å². The molecule has 0 bridgehead atoms. The average molecular weight is 427 g/mol. The fourth-order valence-corrected chi connectivity index (χ4v) is 4.46. The van der Waals surface area contributed by atoms with Crippen LogP contribution in [0.25, 0.3) is 11.1 Å². The van der Waals surface area contributed by atoms with Gasteiger partial charge >= 0.3 is 6.09 Å². The van der Waals surface area contributed by atoms with Crippen LogP contribution in [0, 0.1) is 0 Å². The summed E-state index contributed by atoms with van der Waals surface area (Å²) in [5, 5.41) is 2.90. The van der Waals surface area contributed by atoms with E-state index in [2.05, 4.69) is 17.4 Å². The highest BCUT2D eigenvalue weighted by Crippen LogP contribution is 2.36. The molecule has 2 aromatic rings. The maximum Gasteiger partial charge on any atom is 0.408 e. The molecule has 0 heterocycles. The molecule has 0 aromatic heterocycles. The van der Waals surface area contributed by atoms with Crippen molar-refractivity contribution >= 4 is 29.6 Å². The molecule has 0 radical (unpaired) electrons. The molecule has 1 N–H and O–H groups in total. The monoisotopic (exact) mass is 426 g/mol. The Morgan fingerprint density at radius 1 is 0.967 bits per heavy atom. The lowest BCUT2D eigenvalue weighted by Gasteiger charge is -2.34. The number of amides is 2. The second kappa shape index (κ2) is 9.13. The lowest BCUT2D eigenvalue weighted by molar-refractivity contribution is -0.123. The van der Waals surface area contributed by atoms with E-state index in [4.69, 9.17) is 4.74 Å². The highest BCUT2D eigenvalue weighted by Gasteiger charge is 2.46. The van der Waals surface area contributed by atoms with Crippen LogP contribution in [-0.4, -0.2) is 29.4 Å². The first kappa shape index (κ1) is 22.2. The van der Waals surface area contributed by atoms with E-state index in [-0.39, 0.29) is 5.91 Å². The maximum atomic E-state index is 13.6. The quantitative estimate of drug-likeness (QED) is 0.614. The Morgan fingerprint density at radius 3 is 2.07 bits per heavy atom. The van der Waals surface area contributed by atoms with Crippen molar-refractivity contribution in [3.8, 4) is 11.1 Å². The number of hydrogen-bond donors (Lipinski definition) is 1. The predicted molar refractivity (Wildman–Crippen MR) is 123 cm³/mol. The molecular formula is C24H30N2O3S. The zero-order valence-electron chi connectivity index (χ0n) is 18.1. The number of carbonyl (C=O) groups excluding carboxylic acids is 2. The number of nitrogens with zero attached hydrogens (tertiary/aromatic N) is 1. The van der Waals surface area contributed by atoms with Crippen molar-refractivity contribution in [2.45, 2.75) is 57.6 Å². The number of hydrogen-bond acceptors (Lipinski definition) is 4. The van der Waals surface area contributed by atoms with Gasteiger partial charge in [0.05, 0.1) is 5.69 Å². The highest BCUT2D eigenvalue weighted by atomic mass is 32.2. The second-order valence-corrected chi connectivity index (χ2v) is 9.34. The molecule has 0 atom stereocenters. The molecule has 5 nitrogen and oxygen atoms in total. The third kappa shape index (κ3) is 5.17. The zero-order valence-corrected chi connectivity index (χ0v) is 18.9. The molecule has 3 rings (SSSR count). The summed E-state index contributed by atoms with van der Waals surface area (Å²) in [5.41, 5.74) is 1.48. The molecule has 0 unspecified atom stereocenters. The molecular weight excluding hydrogens is 396 g/mol. The van der Waals surface area contributed by atoms with Gasteiger partial charge in [0.1, 0.15) is 11.1 Å². The van der Waals surface area contributed by atoms with Gasteiger partial charge in [-0.05, 0) is 68.8 Å². The molecule has 0 aliphatic heterocycles. The van der Waals surface area contributed by atoms with Gasteiger partial charge in [-0.25, -0.2) is 4.79 Å². The van der Waals surface area contributed by atoms with Crippen molar-refractivity contribution in [1.29, 1.82) is 0 Å². The van der Waals surface area contributed by atoms with Crippen LogP contribution in [0.2, 0.25) is 0 Å². The fourth-order valence-electron chi connectivity index (χ4n) is 3.79. The Hall–Kier alpha value is -2.47. The van der Waals surface area contributed by atoms with Crippen molar-refractivity contribution in [1.82, 2.24) is 5.32 Å². The fraction of sp³-hybridized carbons (Fsp3) is 0.417. The van der Waals surface area contributed by atoms with Crippen LogP contribution in [0.1, 0.15) is 46.5 Å². The summed E-state index contributed by atoms with van der Waals surface area (Å²) < 4.78 is 7.11. The van der Waals surface area contributed by atoms with Crippen LogP contribution >= 0.6 is 11.9 Å². The Morgan fingerprint density at radius 2 is 1.53 bits per heavy atom. The number of carbonyl (C=O) groups is 2. The first-order valence-electron chi connectivity index (χ1n) is 10.3. The predicted octanol–water partition coefficient (Wildman–Crippen LogP) is 5.80. The van der Waals surface area contributed by atoms with E-state index in [1.165, 1.54) is 11.9 Å². The van der Waals surface area contributed by atoms with Gasteiger partial charge in [0.25, 0.3) is 5.91 Å². The summed E-state index contributed by atoms with van der Waals surface area (Å²) in [4.78, 5) is 26.1. The van der Waals surface area contributed by atoms with Gasteiger partial charge in [-0.15, -0.1) is 0 Å². The van der Waals surface area contributed by atoms with Gasteiger partial charge in [-0.1, -0.05) is 55.3 Å². The summed E-state index contributed by atoms with van der Waals surface area (Å²) in [6, 6.07) is 18.1. The van der Waals surface area contributed by atoms with Crippen molar-refractivity contribution in [2.75, 3.05) is 10.6 Å². The standard InChI is InChI=1S/C24H30N2O3S/c1-23(2,3)29-22(28)25-24(16-8-9-17-24)21(27)26(30-4)20-14-12-19(13-15-20)18-10-6-5-7-11-18/h5-7,10-15H,8-9,16-17H2,1-4H3,(H,25,28). The first-order valence-corrected chi connectivity index (χ1v) is 11.5. The van der Waals surface area contributed by atoms with Gasteiger partial charge in [-0.2, -0.15) is 0 Å². The van der Waals surface area contributed by atoms with Crippen molar-refractivity contribution in [2.24, 2.45) is 0 Å². The minimum atomic E-state index is -0.927. The van der Waals surface area contributed by atoms with Gasteiger partial charge < -0.3 is 10.1 Å². The highest BCUT2D eigenvalue weighted by molar-refractivity contribution is 8.00. The minimum absolute atomic E-state index is 0.106. The Kier molecular flexibility index (Phi) is 6.76. The van der Waals surface area contributed by atoms with E-state index in [1.54, 1.807) is 4.31 Å². The van der Waals surface area contributed by atoms with E-state index >= 15 is 0 Å². The summed E-state index contributed by atoms with van der Waals surface area (Å²) in [7, 11) is 0. The second-order valence-electron chi connectivity index (χ2n) is 8.61. The van der Waals surface area contributed by atoms with Crippen LogP contribution < -0.4 is 9.62 Å². The number of rotatable bonds is 5. The summed E-state index contributed by atoms with van der Waals surface area (Å²) in [6.07, 6.45) is 4.36. The molecule has 1 aliphatic carbocycles. The number of alkyl carbamates (subject to hydrolysis) is 1. The van der Waals surface area contributed by atoms with Crippen molar-refractivity contribution in [3.05, 3.63) is 54.6 Å². The van der Waals surface area contributed by atoms with Gasteiger partial charge in [-0.3, -0.25) is 9.10 Å². The van der Waals surface area contributed by atoms with E-state index < -0.39 is 17.2 Å². The molecule has 1 aliphatic rings. The van der Waals surface area contributed by atoms with Crippen molar-refractivity contribution < 1.29 is 14.3 Å². The van der Waals surface area contributed by atoms with E-state index in [1.807, 2.05) is 69.5 Å². The van der Waals surface area contributed by atoms with Gasteiger partial charge in [0.2, 0.25) is 0 Å². The average Bonchev–Trinajstić information content (AvgIpc) is 3.17. The number of nitrogens with one attached hydrogen (secondary N) is 1. The van der Waals surface area contributed by atoms with Crippen LogP contribution in [0.4, 0.5) is 10.5 Å². The van der Waals surface area contributed by atoms with Crippen LogP contribution in [0.3, 0.4) is 0 Å². The number of anilines is 1. The largest absolute Gasteiger partial charge is 0.444 e. The lowest BCUT2D eigenvalue weighted by atomic mass is 9.96. The number of ether oxygens (including phenoxy) is 1. The summed E-state index contributed by atoms with van der Waals surface area (Å²) in [5.74, 6) is -0.106. The molecule has 2 amide bonds. The molecule has 1 saturated carbocycles. The normalized spacial score (nSPS) is 15.5. The van der Waals surface area contributed by atoms with Crippen LogP contribution in [0.5, 0.6) is 0 Å². The topological polar surface area (TPSA) is 58.6 Å². The Balaban J connectivity index is 1.82. The molecule has 2 aromatic carbocycles. The molecule has 1 fully saturated rings. The van der Waals surface area contributed by atoms with Crippen molar-refractivity contribution in [3.63, 3.8) is 0 Å². The molecule has 160 valence electrons. The summed E-state index contributed by atoms with van der Waals surface area (Å²) >= 11 is 1.35. The van der Waals surface area contributed by atoms with Gasteiger partial charge in [0.15, 0.2) is 0 Å². The molecule has 0 spiro atoms. The van der Waals surface area contributed by atoms with E-state index in [0.29, 0.717) is 12.8 Å². The molecule has 0 saturated heterocycles. The van der Waals surface area contributed by atoms with Gasteiger partial charge in [0, 0.05) is 6.26 Å². The zero-order chi connectivity index (χ0) is 21.8. The lowest BCUT2D eigenvalue weighted by Crippen LogP contribution is -2.57. The first-order chi connectivity index (χ1) is 14.2. The van der Waals surface area contributed by atoms with E-state index in [9.17, 15) is 9.59 Å².